The molecule has 0 aliphatic heterocycles. The fourth-order valence-electron chi connectivity index (χ4n) is 3.42. The minimum Gasteiger partial charge on any atom is -0.508 e. The number of benzene rings is 3. The summed E-state index contributed by atoms with van der Waals surface area (Å²) in [5, 5.41) is 10.9. The highest BCUT2D eigenvalue weighted by atomic mass is 16.3. The molecule has 0 saturated heterocycles. The average Bonchev–Trinajstić information content (AvgIpc) is 2.67. The van der Waals surface area contributed by atoms with Gasteiger partial charge in [0.15, 0.2) is 11.0 Å². The van der Waals surface area contributed by atoms with E-state index in [0.717, 1.165) is 5.52 Å². The van der Waals surface area contributed by atoms with Gasteiger partial charge in [0.05, 0.1) is 16.3 Å². The van der Waals surface area contributed by atoms with Crippen LogP contribution in [0.5, 0.6) is 5.75 Å². The lowest BCUT2D eigenvalue weighted by molar-refractivity contribution is 0.475. The molecule has 3 aromatic carbocycles. The molecule has 0 radical (unpaired) electrons. The molecule has 130 valence electrons. The molecule has 5 nitrogen and oxygen atoms in total. The van der Waals surface area contributed by atoms with Crippen LogP contribution in [0, 0.1) is 0 Å². The molecule has 0 bridgehead atoms. The smallest absolute Gasteiger partial charge is 0.201 e. The fraction of sp³-hybridized carbons (Fsp3) is 0. The van der Waals surface area contributed by atoms with E-state index >= 15 is 0 Å². The zero-order valence-electron chi connectivity index (χ0n) is 14.0. The molecule has 0 fully saturated rings. The third-order valence-electron chi connectivity index (χ3n) is 4.70. The summed E-state index contributed by atoms with van der Waals surface area (Å²) >= 11 is 0. The largest absolute Gasteiger partial charge is 0.508 e. The third kappa shape index (κ3) is 2.33. The molecule has 0 unspecified atom stereocenters. The molecule has 5 heteroatoms. The predicted molar refractivity (Wildman–Crippen MR) is 105 cm³/mol. The molecule has 2 N–H and O–H groups in total. The van der Waals surface area contributed by atoms with E-state index in [1.54, 1.807) is 36.4 Å². The normalized spacial score (nSPS) is 11.4. The number of hydrogen-bond acceptors (Lipinski definition) is 4. The van der Waals surface area contributed by atoms with Gasteiger partial charge in [-0.3, -0.25) is 9.59 Å². The summed E-state index contributed by atoms with van der Waals surface area (Å²) in [4.78, 5) is 29.0. The summed E-state index contributed by atoms with van der Waals surface area (Å²) in [5.41, 5.74) is 1.68. The van der Waals surface area contributed by atoms with Crippen LogP contribution in [0.4, 0.5) is 0 Å². The first-order valence-electron chi connectivity index (χ1n) is 8.43. The van der Waals surface area contributed by atoms with Gasteiger partial charge in [0.2, 0.25) is 5.43 Å². The highest BCUT2D eigenvalue weighted by Crippen LogP contribution is 2.28. The maximum atomic E-state index is 13.1. The summed E-state index contributed by atoms with van der Waals surface area (Å²) in [6.45, 7) is 0. The summed E-state index contributed by atoms with van der Waals surface area (Å²) in [5.74, 6) is 0.362. The van der Waals surface area contributed by atoms with E-state index in [1.807, 2.05) is 12.1 Å². The number of fused-ring (bicyclic) bond motifs is 4. The first kappa shape index (κ1) is 15.4. The lowest BCUT2D eigenvalue weighted by atomic mass is 10.1. The molecule has 0 aliphatic carbocycles. The Balaban J connectivity index is 1.96. The van der Waals surface area contributed by atoms with Crippen LogP contribution in [0.25, 0.3) is 44.1 Å². The summed E-state index contributed by atoms with van der Waals surface area (Å²) in [6, 6.07) is 18.4. The molecule has 0 atom stereocenters. The van der Waals surface area contributed by atoms with Crippen LogP contribution in [-0.4, -0.2) is 10.1 Å². The van der Waals surface area contributed by atoms with Gasteiger partial charge in [0, 0.05) is 22.5 Å². The number of rotatable bonds is 1. The zero-order valence-corrected chi connectivity index (χ0v) is 14.0. The second-order valence-corrected chi connectivity index (χ2v) is 6.39. The van der Waals surface area contributed by atoms with Gasteiger partial charge < -0.3 is 14.5 Å². The van der Waals surface area contributed by atoms with E-state index in [-0.39, 0.29) is 22.2 Å². The number of aromatic nitrogens is 1. The molecule has 0 aliphatic rings. The first-order valence-corrected chi connectivity index (χ1v) is 8.43. The van der Waals surface area contributed by atoms with Crippen LogP contribution in [-0.2, 0) is 0 Å². The Hall–Kier alpha value is -3.86. The number of nitrogens with one attached hydrogen (secondary N) is 1. The maximum Gasteiger partial charge on any atom is 0.201 e. The van der Waals surface area contributed by atoms with Gasteiger partial charge in [-0.1, -0.05) is 24.3 Å². The maximum absolute atomic E-state index is 13.1. The van der Waals surface area contributed by atoms with Crippen LogP contribution in [0.3, 0.4) is 0 Å². The van der Waals surface area contributed by atoms with Crippen molar-refractivity contribution < 1.29 is 9.52 Å². The van der Waals surface area contributed by atoms with E-state index in [2.05, 4.69) is 4.98 Å². The van der Waals surface area contributed by atoms with Crippen molar-refractivity contribution in [2.24, 2.45) is 0 Å². The second kappa shape index (κ2) is 5.57. The van der Waals surface area contributed by atoms with Crippen molar-refractivity contribution in [3.63, 3.8) is 0 Å². The fourth-order valence-corrected chi connectivity index (χ4v) is 3.42. The minimum absolute atomic E-state index is 0.0667. The van der Waals surface area contributed by atoms with Crippen LogP contribution >= 0.6 is 0 Å². The number of phenolic OH excluding ortho intramolecular Hbond substituents is 1. The molecule has 5 rings (SSSR count). The topological polar surface area (TPSA) is 83.3 Å². The molecule has 2 heterocycles. The Kier molecular flexibility index (Phi) is 3.18. The van der Waals surface area contributed by atoms with E-state index in [1.165, 1.54) is 18.2 Å². The molecule has 5 aromatic rings. The predicted octanol–water partition coefficient (Wildman–Crippen LogP) is 4.16. The van der Waals surface area contributed by atoms with Crippen molar-refractivity contribution in [3.8, 4) is 17.1 Å². The number of aromatic hydroxyl groups is 1. The van der Waals surface area contributed by atoms with E-state index in [0.29, 0.717) is 33.0 Å². The highest BCUT2D eigenvalue weighted by Gasteiger charge is 2.14. The van der Waals surface area contributed by atoms with Gasteiger partial charge >= 0.3 is 0 Å². The molecule has 0 amide bonds. The molecule has 2 aromatic heterocycles. The van der Waals surface area contributed by atoms with E-state index in [9.17, 15) is 14.7 Å². The third-order valence-corrected chi connectivity index (χ3v) is 4.70. The molecular formula is C22H13NO4. The van der Waals surface area contributed by atoms with Gasteiger partial charge in [-0.15, -0.1) is 0 Å². The standard InChI is InChI=1S/C22H13NO4/c24-13-5-3-4-12(10-13)19-11-18(25)15-8-9-17-20(22(15)27-19)21(26)14-6-1-2-7-16(14)23-17/h1-11,24H,(H,23,26). The lowest BCUT2D eigenvalue weighted by Gasteiger charge is -2.07. The highest BCUT2D eigenvalue weighted by molar-refractivity contribution is 6.06. The number of aromatic amines is 1. The molecule has 0 saturated carbocycles. The number of pyridine rings is 1. The number of para-hydroxylation sites is 1. The van der Waals surface area contributed by atoms with Crippen LogP contribution < -0.4 is 10.9 Å². The van der Waals surface area contributed by atoms with Crippen LogP contribution in [0.1, 0.15) is 0 Å². The van der Waals surface area contributed by atoms with Gasteiger partial charge in [-0.05, 0) is 36.4 Å². The second-order valence-electron chi connectivity index (χ2n) is 6.39. The SMILES string of the molecule is O=c1cc(-c2cccc(O)c2)oc2c1ccc1[nH]c3ccccc3c(=O)c12. The lowest BCUT2D eigenvalue weighted by Crippen LogP contribution is -2.07. The van der Waals surface area contributed by atoms with Gasteiger partial charge in [-0.2, -0.15) is 0 Å². The first-order chi connectivity index (χ1) is 13.1. The number of H-pyrrole nitrogens is 1. The van der Waals surface area contributed by atoms with Crippen LogP contribution in [0.2, 0.25) is 0 Å². The van der Waals surface area contributed by atoms with Crippen molar-refractivity contribution >= 4 is 32.8 Å². The Bertz CT molecular complexity index is 1480. The van der Waals surface area contributed by atoms with E-state index in [4.69, 9.17) is 4.42 Å². The average molecular weight is 355 g/mol. The van der Waals surface area contributed by atoms with Crippen molar-refractivity contribution in [1.29, 1.82) is 0 Å². The minimum atomic E-state index is -0.246. The Morgan fingerprint density at radius 3 is 2.52 bits per heavy atom. The van der Waals surface area contributed by atoms with Gasteiger partial charge in [0.1, 0.15) is 11.5 Å². The van der Waals surface area contributed by atoms with Crippen molar-refractivity contribution in [2.45, 2.75) is 0 Å². The summed E-state index contributed by atoms with van der Waals surface area (Å²) < 4.78 is 6.00. The van der Waals surface area contributed by atoms with Gasteiger partial charge in [0.25, 0.3) is 0 Å². The Morgan fingerprint density at radius 1 is 0.815 bits per heavy atom. The number of hydrogen-bond donors (Lipinski definition) is 2. The van der Waals surface area contributed by atoms with Crippen molar-refractivity contribution in [3.05, 3.63) is 87.2 Å². The molecule has 27 heavy (non-hydrogen) atoms. The monoisotopic (exact) mass is 355 g/mol. The van der Waals surface area contributed by atoms with Crippen LogP contribution in [0.15, 0.2) is 80.7 Å². The molecule has 0 spiro atoms. The Morgan fingerprint density at radius 2 is 1.67 bits per heavy atom. The number of phenols is 1. The van der Waals surface area contributed by atoms with Crippen molar-refractivity contribution in [2.75, 3.05) is 0 Å². The molecular weight excluding hydrogens is 342 g/mol. The Labute approximate surface area is 152 Å². The summed E-state index contributed by atoms with van der Waals surface area (Å²) in [7, 11) is 0. The van der Waals surface area contributed by atoms with Gasteiger partial charge in [-0.25, -0.2) is 0 Å². The summed E-state index contributed by atoms with van der Waals surface area (Å²) in [6.07, 6.45) is 0. The zero-order chi connectivity index (χ0) is 18.5. The quantitative estimate of drug-likeness (QED) is 0.349. The van der Waals surface area contributed by atoms with E-state index < -0.39 is 0 Å². The van der Waals surface area contributed by atoms with Crippen molar-refractivity contribution in [1.82, 2.24) is 4.98 Å².